The number of nitrogens with zero attached hydrogens (tertiary/aromatic N) is 2. The van der Waals surface area contributed by atoms with Crippen LogP contribution in [0.5, 0.6) is 0 Å². The van der Waals surface area contributed by atoms with Crippen molar-refractivity contribution in [3.63, 3.8) is 0 Å². The average molecular weight is 378 g/mol. The van der Waals surface area contributed by atoms with E-state index in [9.17, 15) is 4.79 Å². The Balaban J connectivity index is 1.59. The van der Waals surface area contributed by atoms with Gasteiger partial charge in [0, 0.05) is 24.5 Å². The normalized spacial score (nSPS) is 29.2. The Bertz CT molecular complexity index is 643. The van der Waals surface area contributed by atoms with Gasteiger partial charge in [0.25, 0.3) is 0 Å². The topological polar surface area (TPSA) is 44.7 Å². The third kappa shape index (κ3) is 3.16. The van der Waals surface area contributed by atoms with E-state index in [-0.39, 0.29) is 17.2 Å². The summed E-state index contributed by atoms with van der Waals surface area (Å²) in [5.74, 6) is 0.810. The molecule has 1 aromatic rings. The number of benzene rings is 1. The summed E-state index contributed by atoms with van der Waals surface area (Å²) in [6, 6.07) is 6.03. The molecule has 1 N–H and O–H groups in total. The number of halogens is 1. The summed E-state index contributed by atoms with van der Waals surface area (Å²) in [6.07, 6.45) is 6.60. The van der Waals surface area contributed by atoms with Crippen LogP contribution in [0.3, 0.4) is 0 Å². The lowest BCUT2D eigenvalue weighted by molar-refractivity contribution is -0.123. The van der Waals surface area contributed by atoms with Crippen molar-refractivity contribution in [3.05, 3.63) is 28.2 Å². The summed E-state index contributed by atoms with van der Waals surface area (Å²) in [4.78, 5) is 14.4. The fraction of sp³-hybridized carbons (Fsp3) is 0.556. The van der Waals surface area contributed by atoms with Crippen LogP contribution in [0.4, 0.5) is 5.69 Å². The SMILES string of the molecule is CN(C)c1ccc(/C=N\NC(=O)[C@H]2[C@@H]3CCCC[C@]32C)cc1Br. The predicted molar refractivity (Wildman–Crippen MR) is 97.8 cm³/mol. The number of hydrogen-bond acceptors (Lipinski definition) is 3. The van der Waals surface area contributed by atoms with Crippen molar-refractivity contribution in [2.75, 3.05) is 19.0 Å². The van der Waals surface area contributed by atoms with E-state index in [1.807, 2.05) is 37.2 Å². The maximum absolute atomic E-state index is 12.3. The lowest BCUT2D eigenvalue weighted by Crippen LogP contribution is -2.22. The first-order chi connectivity index (χ1) is 10.9. The molecule has 3 atom stereocenters. The standard InChI is InChI=1S/C18H24BrN3O/c1-18-9-5-4-6-13(18)16(18)17(23)21-20-11-12-7-8-15(22(2)3)14(19)10-12/h7-8,10-11,13,16H,4-6,9H2,1-3H3,(H,21,23)/b20-11-/t13-,16+,18+/m0/s1. The molecule has 2 saturated carbocycles. The van der Waals surface area contributed by atoms with Crippen LogP contribution < -0.4 is 10.3 Å². The van der Waals surface area contributed by atoms with E-state index in [4.69, 9.17) is 0 Å². The second kappa shape index (κ2) is 6.27. The molecule has 0 aliphatic heterocycles. The van der Waals surface area contributed by atoms with Crippen LogP contribution in [0.15, 0.2) is 27.8 Å². The number of nitrogens with one attached hydrogen (secondary N) is 1. The van der Waals surface area contributed by atoms with Crippen molar-refractivity contribution in [1.29, 1.82) is 0 Å². The fourth-order valence-electron chi connectivity index (χ4n) is 4.06. The molecule has 0 radical (unpaired) electrons. The Labute approximate surface area is 146 Å². The molecule has 0 saturated heterocycles. The number of hydrogen-bond donors (Lipinski definition) is 1. The Hall–Kier alpha value is -1.36. The number of fused-ring (bicyclic) bond motifs is 1. The van der Waals surface area contributed by atoms with Crippen LogP contribution in [0.25, 0.3) is 0 Å². The smallest absolute Gasteiger partial charge is 0.244 e. The van der Waals surface area contributed by atoms with Crippen LogP contribution in [0.2, 0.25) is 0 Å². The molecule has 1 amide bonds. The highest BCUT2D eigenvalue weighted by molar-refractivity contribution is 9.10. The largest absolute Gasteiger partial charge is 0.377 e. The maximum Gasteiger partial charge on any atom is 0.244 e. The zero-order valence-corrected chi connectivity index (χ0v) is 15.6. The van der Waals surface area contributed by atoms with E-state index >= 15 is 0 Å². The molecule has 2 aliphatic rings. The molecule has 1 aromatic carbocycles. The summed E-state index contributed by atoms with van der Waals surface area (Å²) in [7, 11) is 4.01. The van der Waals surface area contributed by atoms with Crippen molar-refractivity contribution in [3.8, 4) is 0 Å². The van der Waals surface area contributed by atoms with Gasteiger partial charge in [0.05, 0.1) is 11.9 Å². The number of amides is 1. The summed E-state index contributed by atoms with van der Waals surface area (Å²) in [5.41, 5.74) is 5.04. The van der Waals surface area contributed by atoms with Crippen molar-refractivity contribution < 1.29 is 4.79 Å². The van der Waals surface area contributed by atoms with Crippen LogP contribution >= 0.6 is 15.9 Å². The van der Waals surface area contributed by atoms with Gasteiger partial charge in [-0.15, -0.1) is 0 Å². The molecule has 0 aromatic heterocycles. The van der Waals surface area contributed by atoms with Crippen LogP contribution in [-0.4, -0.2) is 26.2 Å². The summed E-state index contributed by atoms with van der Waals surface area (Å²) < 4.78 is 1.01. The van der Waals surface area contributed by atoms with Crippen LogP contribution in [0, 0.1) is 17.3 Å². The van der Waals surface area contributed by atoms with E-state index in [0.29, 0.717) is 5.92 Å². The van der Waals surface area contributed by atoms with E-state index in [2.05, 4.69) is 33.4 Å². The molecule has 124 valence electrons. The first-order valence-electron chi connectivity index (χ1n) is 8.23. The second-order valence-corrected chi connectivity index (χ2v) is 8.03. The highest BCUT2D eigenvalue weighted by Gasteiger charge is 2.64. The van der Waals surface area contributed by atoms with E-state index in [1.165, 1.54) is 25.7 Å². The molecule has 2 fully saturated rings. The number of carbonyl (C=O) groups is 1. The highest BCUT2D eigenvalue weighted by atomic mass is 79.9. The van der Waals surface area contributed by atoms with Gasteiger partial charge >= 0.3 is 0 Å². The third-order valence-corrected chi connectivity index (χ3v) is 6.09. The Morgan fingerprint density at radius 2 is 2.22 bits per heavy atom. The Morgan fingerprint density at radius 1 is 1.43 bits per heavy atom. The van der Waals surface area contributed by atoms with Crippen molar-refractivity contribution in [1.82, 2.24) is 5.43 Å². The predicted octanol–water partition coefficient (Wildman–Crippen LogP) is 3.79. The molecule has 0 spiro atoms. The van der Waals surface area contributed by atoms with Gasteiger partial charge in [-0.2, -0.15) is 5.10 Å². The van der Waals surface area contributed by atoms with Crippen LogP contribution in [0.1, 0.15) is 38.2 Å². The quantitative estimate of drug-likeness (QED) is 0.640. The van der Waals surface area contributed by atoms with Crippen LogP contribution in [-0.2, 0) is 4.79 Å². The molecule has 23 heavy (non-hydrogen) atoms. The fourth-order valence-corrected chi connectivity index (χ4v) is 4.81. The maximum atomic E-state index is 12.3. The number of anilines is 1. The van der Waals surface area contributed by atoms with Gasteiger partial charge in [-0.3, -0.25) is 4.79 Å². The monoisotopic (exact) mass is 377 g/mol. The number of rotatable bonds is 4. The Kier molecular flexibility index (Phi) is 4.50. The van der Waals surface area contributed by atoms with E-state index in [1.54, 1.807) is 6.21 Å². The summed E-state index contributed by atoms with van der Waals surface area (Å²) in [6.45, 7) is 2.25. The van der Waals surface area contributed by atoms with Crippen molar-refractivity contribution >= 4 is 33.7 Å². The molecule has 5 heteroatoms. The third-order valence-electron chi connectivity index (χ3n) is 5.46. The summed E-state index contributed by atoms with van der Waals surface area (Å²) >= 11 is 3.56. The van der Waals surface area contributed by atoms with E-state index in [0.717, 1.165) is 15.7 Å². The van der Waals surface area contributed by atoms with Gasteiger partial charge in [0.2, 0.25) is 5.91 Å². The molecule has 3 rings (SSSR count). The minimum atomic E-state index is 0.0830. The molecular weight excluding hydrogens is 354 g/mol. The zero-order chi connectivity index (χ0) is 16.6. The van der Waals surface area contributed by atoms with Crippen molar-refractivity contribution in [2.45, 2.75) is 32.6 Å². The molecule has 0 unspecified atom stereocenters. The van der Waals surface area contributed by atoms with E-state index < -0.39 is 0 Å². The molecule has 2 aliphatic carbocycles. The lowest BCUT2D eigenvalue weighted by atomic mass is 9.90. The highest BCUT2D eigenvalue weighted by Crippen LogP contribution is 2.66. The lowest BCUT2D eigenvalue weighted by Gasteiger charge is -2.15. The first-order valence-corrected chi connectivity index (χ1v) is 9.02. The van der Waals surface area contributed by atoms with Crippen molar-refractivity contribution in [2.24, 2.45) is 22.4 Å². The molecule has 4 nitrogen and oxygen atoms in total. The summed E-state index contributed by atoms with van der Waals surface area (Å²) in [5, 5.41) is 4.15. The molecule has 0 bridgehead atoms. The van der Waals surface area contributed by atoms with Gasteiger partial charge < -0.3 is 4.90 Å². The minimum Gasteiger partial charge on any atom is -0.377 e. The minimum absolute atomic E-state index is 0.0830. The Morgan fingerprint density at radius 3 is 2.83 bits per heavy atom. The van der Waals surface area contributed by atoms with Gasteiger partial charge in [0.15, 0.2) is 0 Å². The zero-order valence-electron chi connectivity index (χ0n) is 14.0. The van der Waals surface area contributed by atoms with Gasteiger partial charge in [-0.25, -0.2) is 5.43 Å². The second-order valence-electron chi connectivity index (χ2n) is 7.18. The van der Waals surface area contributed by atoms with Gasteiger partial charge in [-0.05, 0) is 57.8 Å². The van der Waals surface area contributed by atoms with Gasteiger partial charge in [0.1, 0.15) is 0 Å². The number of hydrazone groups is 1. The molecule has 0 heterocycles. The average Bonchev–Trinajstić information content (AvgIpc) is 3.12. The first kappa shape index (κ1) is 16.5. The van der Waals surface area contributed by atoms with Gasteiger partial charge in [-0.1, -0.05) is 25.8 Å². The number of carbonyl (C=O) groups excluding carboxylic acids is 1. The molecular formula is C18H24BrN3O.